The SMILES string of the molecule is O=C(OCC(Cl)(Cl)Cl)N(CCN1CCC(c2c[nH]c3cc(F)ccc23)CC1)c1ccccn1. The fraction of sp³-hybridized carbons (Fsp3) is 0.391. The van der Waals surface area contributed by atoms with Crippen molar-refractivity contribution in [3.63, 3.8) is 0 Å². The van der Waals surface area contributed by atoms with Gasteiger partial charge in [-0.05, 0) is 67.7 Å². The number of anilines is 1. The lowest BCUT2D eigenvalue weighted by Crippen LogP contribution is -2.42. The second kappa shape index (κ2) is 10.5. The molecule has 0 bridgehead atoms. The largest absolute Gasteiger partial charge is 0.445 e. The number of aromatic nitrogens is 2. The third kappa shape index (κ3) is 6.29. The summed E-state index contributed by atoms with van der Waals surface area (Å²) in [5.41, 5.74) is 2.06. The molecule has 1 N–H and O–H groups in total. The Morgan fingerprint density at radius 3 is 2.73 bits per heavy atom. The van der Waals surface area contributed by atoms with Crippen LogP contribution in [-0.4, -0.2) is 57.5 Å². The molecule has 4 rings (SSSR count). The molecule has 0 aliphatic carbocycles. The van der Waals surface area contributed by atoms with Crippen molar-refractivity contribution in [2.75, 3.05) is 37.7 Å². The average molecular weight is 514 g/mol. The molecule has 0 saturated carbocycles. The zero-order valence-electron chi connectivity index (χ0n) is 17.8. The van der Waals surface area contributed by atoms with Crippen LogP contribution in [0.3, 0.4) is 0 Å². The van der Waals surface area contributed by atoms with E-state index in [-0.39, 0.29) is 12.4 Å². The summed E-state index contributed by atoms with van der Waals surface area (Å²) in [6.07, 6.45) is 4.95. The van der Waals surface area contributed by atoms with Crippen molar-refractivity contribution in [2.24, 2.45) is 0 Å². The van der Waals surface area contributed by atoms with Gasteiger partial charge in [0.15, 0.2) is 0 Å². The highest BCUT2D eigenvalue weighted by molar-refractivity contribution is 6.67. The molecule has 3 aromatic rings. The Labute approximate surface area is 206 Å². The van der Waals surface area contributed by atoms with Gasteiger partial charge >= 0.3 is 6.09 Å². The molecular weight excluding hydrogens is 490 g/mol. The number of amides is 1. The van der Waals surface area contributed by atoms with Crippen molar-refractivity contribution in [1.82, 2.24) is 14.9 Å². The lowest BCUT2D eigenvalue weighted by molar-refractivity contribution is 0.153. The number of hydrogen-bond acceptors (Lipinski definition) is 4. The second-order valence-electron chi connectivity index (χ2n) is 8.06. The van der Waals surface area contributed by atoms with E-state index in [9.17, 15) is 9.18 Å². The molecule has 1 aliphatic heterocycles. The molecule has 1 saturated heterocycles. The van der Waals surface area contributed by atoms with Gasteiger partial charge in [0.25, 0.3) is 0 Å². The number of nitrogens with one attached hydrogen (secondary N) is 1. The van der Waals surface area contributed by atoms with Gasteiger partial charge in [-0.25, -0.2) is 14.2 Å². The number of rotatable bonds is 6. The van der Waals surface area contributed by atoms with Crippen LogP contribution < -0.4 is 4.90 Å². The summed E-state index contributed by atoms with van der Waals surface area (Å²) in [6, 6.07) is 10.2. The Kier molecular flexibility index (Phi) is 7.64. The van der Waals surface area contributed by atoms with Crippen LogP contribution in [0.25, 0.3) is 10.9 Å². The van der Waals surface area contributed by atoms with Crippen LogP contribution in [-0.2, 0) is 4.74 Å². The van der Waals surface area contributed by atoms with Gasteiger partial charge < -0.3 is 14.6 Å². The minimum atomic E-state index is -1.68. The minimum Gasteiger partial charge on any atom is -0.445 e. The number of halogens is 4. The van der Waals surface area contributed by atoms with Gasteiger partial charge in [0.05, 0.1) is 0 Å². The van der Waals surface area contributed by atoms with Crippen molar-refractivity contribution in [2.45, 2.75) is 22.6 Å². The maximum Gasteiger partial charge on any atom is 0.415 e. The van der Waals surface area contributed by atoms with E-state index in [2.05, 4.69) is 14.9 Å². The number of ether oxygens (including phenoxy) is 1. The zero-order chi connectivity index (χ0) is 23.4. The third-order valence-corrected chi connectivity index (χ3v) is 6.18. The number of carbonyl (C=O) groups is 1. The first-order chi connectivity index (χ1) is 15.8. The molecule has 0 radical (unpaired) electrons. The van der Waals surface area contributed by atoms with E-state index in [1.807, 2.05) is 12.3 Å². The van der Waals surface area contributed by atoms with Crippen LogP contribution in [0.15, 0.2) is 48.8 Å². The molecule has 176 valence electrons. The number of carbonyl (C=O) groups excluding carboxylic acids is 1. The number of pyridine rings is 1. The van der Waals surface area contributed by atoms with Gasteiger partial charge in [0.2, 0.25) is 3.79 Å². The number of nitrogens with zero attached hydrogens (tertiary/aromatic N) is 3. The molecule has 0 unspecified atom stereocenters. The Morgan fingerprint density at radius 1 is 1.24 bits per heavy atom. The molecule has 3 heterocycles. The lowest BCUT2D eigenvalue weighted by Gasteiger charge is -2.33. The summed E-state index contributed by atoms with van der Waals surface area (Å²) in [4.78, 5) is 23.9. The first-order valence-corrected chi connectivity index (χ1v) is 11.8. The number of aromatic amines is 1. The fourth-order valence-corrected chi connectivity index (χ4v) is 4.37. The Hall–Kier alpha value is -2.06. The van der Waals surface area contributed by atoms with Crippen molar-refractivity contribution in [1.29, 1.82) is 0 Å². The Bertz CT molecular complexity index is 1080. The maximum atomic E-state index is 13.5. The quantitative estimate of drug-likeness (QED) is 0.417. The number of piperidine rings is 1. The molecule has 6 nitrogen and oxygen atoms in total. The van der Waals surface area contributed by atoms with Crippen LogP contribution in [0.4, 0.5) is 15.0 Å². The van der Waals surface area contributed by atoms with Gasteiger partial charge in [-0.1, -0.05) is 40.9 Å². The van der Waals surface area contributed by atoms with Gasteiger partial charge in [-0.3, -0.25) is 4.90 Å². The van der Waals surface area contributed by atoms with Crippen molar-refractivity contribution in [3.8, 4) is 0 Å². The minimum absolute atomic E-state index is 0.240. The number of alkyl halides is 3. The van der Waals surface area contributed by atoms with E-state index >= 15 is 0 Å². The van der Waals surface area contributed by atoms with Gasteiger partial charge in [-0.15, -0.1) is 0 Å². The van der Waals surface area contributed by atoms with Gasteiger partial charge in [-0.2, -0.15) is 0 Å². The van der Waals surface area contributed by atoms with E-state index in [0.29, 0.717) is 24.8 Å². The van der Waals surface area contributed by atoms with Gasteiger partial charge in [0.1, 0.15) is 18.2 Å². The average Bonchev–Trinajstić information content (AvgIpc) is 3.21. The second-order valence-corrected chi connectivity index (χ2v) is 10.6. The van der Waals surface area contributed by atoms with E-state index in [1.54, 1.807) is 24.4 Å². The van der Waals surface area contributed by atoms with Crippen molar-refractivity contribution >= 4 is 57.6 Å². The molecule has 2 aromatic heterocycles. The normalized spacial score (nSPS) is 15.6. The van der Waals surface area contributed by atoms with Crippen LogP contribution >= 0.6 is 34.8 Å². The summed E-state index contributed by atoms with van der Waals surface area (Å²) in [5, 5.41) is 1.08. The number of fused-ring (bicyclic) bond motifs is 1. The molecule has 1 aliphatic rings. The maximum absolute atomic E-state index is 13.5. The van der Waals surface area contributed by atoms with E-state index in [0.717, 1.165) is 36.8 Å². The topological polar surface area (TPSA) is 61.5 Å². The summed E-state index contributed by atoms with van der Waals surface area (Å²) in [6.45, 7) is 2.48. The van der Waals surface area contributed by atoms with Crippen LogP contribution in [0, 0.1) is 5.82 Å². The predicted molar refractivity (Wildman–Crippen MR) is 130 cm³/mol. The highest BCUT2D eigenvalue weighted by atomic mass is 35.6. The van der Waals surface area contributed by atoms with E-state index in [1.165, 1.54) is 22.6 Å². The zero-order valence-corrected chi connectivity index (χ0v) is 20.1. The van der Waals surface area contributed by atoms with Crippen molar-refractivity contribution < 1.29 is 13.9 Å². The third-order valence-electron chi connectivity index (χ3n) is 5.85. The molecule has 1 fully saturated rings. The summed E-state index contributed by atoms with van der Waals surface area (Å²) >= 11 is 17.2. The monoisotopic (exact) mass is 512 g/mol. The highest BCUT2D eigenvalue weighted by Crippen LogP contribution is 2.33. The van der Waals surface area contributed by atoms with Crippen LogP contribution in [0.5, 0.6) is 0 Å². The first-order valence-electron chi connectivity index (χ1n) is 10.7. The molecule has 33 heavy (non-hydrogen) atoms. The number of hydrogen-bond donors (Lipinski definition) is 1. The highest BCUT2D eigenvalue weighted by Gasteiger charge is 2.27. The van der Waals surface area contributed by atoms with E-state index in [4.69, 9.17) is 39.5 Å². The Balaban J connectivity index is 1.35. The van der Waals surface area contributed by atoms with Crippen LogP contribution in [0.2, 0.25) is 0 Å². The Morgan fingerprint density at radius 2 is 2.03 bits per heavy atom. The first kappa shape index (κ1) is 24.1. The number of H-pyrrole nitrogens is 1. The number of benzene rings is 1. The molecular formula is C23H24Cl3FN4O2. The summed E-state index contributed by atoms with van der Waals surface area (Å²) < 4.78 is 17.0. The van der Waals surface area contributed by atoms with E-state index < -0.39 is 9.89 Å². The van der Waals surface area contributed by atoms with Gasteiger partial charge in [0, 0.05) is 36.4 Å². The standard InChI is InChI=1S/C23H24Cl3FN4O2/c24-23(25,26)15-33-22(32)31(21-3-1-2-8-28-21)12-11-30-9-6-16(7-10-30)19-14-29-20-13-17(27)4-5-18(19)20/h1-5,8,13-14,16,29H,6-7,9-12,15H2. The van der Waals surface area contributed by atoms with Crippen molar-refractivity contribution in [3.05, 3.63) is 60.2 Å². The lowest BCUT2D eigenvalue weighted by atomic mass is 9.89. The molecule has 1 aromatic carbocycles. The summed E-state index contributed by atoms with van der Waals surface area (Å²) in [5.74, 6) is 0.643. The molecule has 0 spiro atoms. The molecule has 10 heteroatoms. The molecule has 1 amide bonds. The number of likely N-dealkylation sites (tertiary alicyclic amines) is 1. The fourth-order valence-electron chi connectivity index (χ4n) is 4.20. The molecule has 0 atom stereocenters. The smallest absolute Gasteiger partial charge is 0.415 e. The summed E-state index contributed by atoms with van der Waals surface area (Å²) in [7, 11) is 0. The predicted octanol–water partition coefficient (Wildman–Crippen LogP) is 5.89. The van der Waals surface area contributed by atoms with Crippen LogP contribution in [0.1, 0.15) is 24.3 Å².